The molecule has 6 heteroatoms. The van der Waals surface area contributed by atoms with Crippen molar-refractivity contribution in [1.82, 2.24) is 5.32 Å². The van der Waals surface area contributed by atoms with E-state index in [4.69, 9.17) is 9.47 Å². The highest BCUT2D eigenvalue weighted by atomic mass is 19.4. The van der Waals surface area contributed by atoms with E-state index in [1.165, 1.54) is 7.11 Å². The van der Waals surface area contributed by atoms with Gasteiger partial charge in [-0.15, -0.1) is 0 Å². The molecular formula is C11H22F3NO2. The summed E-state index contributed by atoms with van der Waals surface area (Å²) in [6.07, 6.45) is -6.74. The van der Waals surface area contributed by atoms with Crippen molar-refractivity contribution in [3.8, 4) is 0 Å². The van der Waals surface area contributed by atoms with Crippen molar-refractivity contribution in [3.63, 3.8) is 0 Å². The van der Waals surface area contributed by atoms with Crippen LogP contribution in [0.2, 0.25) is 0 Å². The largest absolute Gasteiger partial charge is 0.414 e. The minimum absolute atomic E-state index is 0.128. The molecule has 0 heterocycles. The summed E-state index contributed by atoms with van der Waals surface area (Å²) in [6.45, 7) is 7.25. The second kappa shape index (κ2) is 6.56. The maximum atomic E-state index is 12.3. The first kappa shape index (κ1) is 16.7. The highest BCUT2D eigenvalue weighted by Crippen LogP contribution is 2.23. The fourth-order valence-corrected chi connectivity index (χ4v) is 1.12. The van der Waals surface area contributed by atoms with Crippen molar-refractivity contribution in [1.29, 1.82) is 0 Å². The molecule has 0 fully saturated rings. The Morgan fingerprint density at radius 2 is 1.71 bits per heavy atom. The van der Waals surface area contributed by atoms with Crippen molar-refractivity contribution >= 4 is 0 Å². The Kier molecular flexibility index (Phi) is 6.43. The van der Waals surface area contributed by atoms with Crippen molar-refractivity contribution in [2.75, 3.05) is 20.3 Å². The molecule has 0 aliphatic heterocycles. The molecule has 0 bridgehead atoms. The van der Waals surface area contributed by atoms with E-state index < -0.39 is 18.4 Å². The zero-order valence-corrected chi connectivity index (χ0v) is 11.0. The van der Waals surface area contributed by atoms with Crippen LogP contribution in [-0.4, -0.2) is 44.2 Å². The summed E-state index contributed by atoms with van der Waals surface area (Å²) in [7, 11) is 1.44. The Morgan fingerprint density at radius 1 is 1.18 bits per heavy atom. The lowest BCUT2D eigenvalue weighted by Gasteiger charge is -2.27. The number of halogens is 3. The van der Waals surface area contributed by atoms with Gasteiger partial charge in [0.1, 0.15) is 0 Å². The molecule has 2 atom stereocenters. The van der Waals surface area contributed by atoms with Gasteiger partial charge in [0.05, 0.1) is 12.7 Å². The lowest BCUT2D eigenvalue weighted by molar-refractivity contribution is -0.230. The second-order valence-electron chi connectivity index (χ2n) is 5.03. The van der Waals surface area contributed by atoms with Gasteiger partial charge in [-0.05, 0) is 27.7 Å². The molecule has 1 N–H and O–H groups in total. The van der Waals surface area contributed by atoms with E-state index in [0.29, 0.717) is 6.54 Å². The Morgan fingerprint density at radius 3 is 2.06 bits per heavy atom. The Balaban J connectivity index is 4.24. The third-order valence-electron chi connectivity index (χ3n) is 2.07. The van der Waals surface area contributed by atoms with Crippen LogP contribution in [0.25, 0.3) is 0 Å². The summed E-state index contributed by atoms with van der Waals surface area (Å²) < 4.78 is 46.8. The van der Waals surface area contributed by atoms with E-state index in [0.717, 1.165) is 6.92 Å². The van der Waals surface area contributed by atoms with E-state index in [2.05, 4.69) is 5.32 Å². The number of alkyl halides is 3. The van der Waals surface area contributed by atoms with Gasteiger partial charge in [0, 0.05) is 19.2 Å². The van der Waals surface area contributed by atoms with Crippen LogP contribution in [0.1, 0.15) is 27.7 Å². The lowest BCUT2D eigenvalue weighted by Crippen LogP contribution is -2.45. The van der Waals surface area contributed by atoms with Crippen LogP contribution in [-0.2, 0) is 9.47 Å². The van der Waals surface area contributed by atoms with E-state index in [1.54, 1.807) is 0 Å². The Hall–Kier alpha value is -0.330. The summed E-state index contributed by atoms with van der Waals surface area (Å²) in [5, 5.41) is 3.09. The third kappa shape index (κ3) is 8.40. The van der Waals surface area contributed by atoms with E-state index in [9.17, 15) is 13.2 Å². The van der Waals surface area contributed by atoms with Crippen LogP contribution in [0.15, 0.2) is 0 Å². The number of hydrogen-bond donors (Lipinski definition) is 1. The highest BCUT2D eigenvalue weighted by Gasteiger charge is 2.38. The van der Waals surface area contributed by atoms with Gasteiger partial charge in [-0.2, -0.15) is 13.2 Å². The minimum Gasteiger partial charge on any atom is -0.382 e. The highest BCUT2D eigenvalue weighted by molar-refractivity contribution is 4.75. The molecule has 0 aromatic carbocycles. The molecule has 2 unspecified atom stereocenters. The molecular weight excluding hydrogens is 235 g/mol. The summed E-state index contributed by atoms with van der Waals surface area (Å²) in [6, 6.07) is 0. The standard InChI is InChI=1S/C11H22F3NO2/c1-8(11(12,13)14)17-9(7-16-5)6-15-10(2,3)4/h8-9,15H,6-7H2,1-5H3. The van der Waals surface area contributed by atoms with Crippen LogP contribution >= 0.6 is 0 Å². The molecule has 3 nitrogen and oxygen atoms in total. The van der Waals surface area contributed by atoms with Crippen molar-refractivity contribution < 1.29 is 22.6 Å². The normalized spacial score (nSPS) is 16.9. The molecule has 104 valence electrons. The van der Waals surface area contributed by atoms with Crippen LogP contribution in [0.3, 0.4) is 0 Å². The van der Waals surface area contributed by atoms with Crippen LogP contribution in [0.4, 0.5) is 13.2 Å². The minimum atomic E-state index is -4.34. The van der Waals surface area contributed by atoms with Crippen LogP contribution < -0.4 is 5.32 Å². The molecule has 0 aromatic rings. The molecule has 0 aliphatic rings. The van der Waals surface area contributed by atoms with Gasteiger partial charge in [-0.3, -0.25) is 0 Å². The maximum Gasteiger partial charge on any atom is 0.414 e. The van der Waals surface area contributed by atoms with Crippen molar-refractivity contribution in [2.24, 2.45) is 0 Å². The Bertz CT molecular complexity index is 214. The van der Waals surface area contributed by atoms with E-state index in [-0.39, 0.29) is 12.1 Å². The average Bonchev–Trinajstić information content (AvgIpc) is 2.11. The van der Waals surface area contributed by atoms with Crippen molar-refractivity contribution in [3.05, 3.63) is 0 Å². The molecule has 0 aliphatic carbocycles. The zero-order valence-electron chi connectivity index (χ0n) is 11.0. The lowest BCUT2D eigenvalue weighted by atomic mass is 10.1. The number of rotatable bonds is 6. The fourth-order valence-electron chi connectivity index (χ4n) is 1.12. The first-order valence-corrected chi connectivity index (χ1v) is 5.52. The van der Waals surface area contributed by atoms with E-state index >= 15 is 0 Å². The SMILES string of the molecule is COCC(CNC(C)(C)C)OC(C)C(F)(F)F. The third-order valence-corrected chi connectivity index (χ3v) is 2.07. The van der Waals surface area contributed by atoms with Gasteiger partial charge >= 0.3 is 6.18 Å². The maximum absolute atomic E-state index is 12.3. The first-order chi connectivity index (χ1) is 7.56. The van der Waals surface area contributed by atoms with Gasteiger partial charge in [0.2, 0.25) is 0 Å². The number of ether oxygens (including phenoxy) is 2. The predicted octanol–water partition coefficient (Wildman–Crippen LogP) is 2.36. The van der Waals surface area contributed by atoms with Gasteiger partial charge in [-0.1, -0.05) is 0 Å². The molecule has 0 saturated carbocycles. The number of methoxy groups -OCH3 is 1. The summed E-state index contributed by atoms with van der Waals surface area (Å²) in [5.41, 5.74) is -0.170. The van der Waals surface area contributed by atoms with Gasteiger partial charge in [0.15, 0.2) is 6.10 Å². The molecule has 0 spiro atoms. The molecule has 0 aromatic heterocycles. The smallest absolute Gasteiger partial charge is 0.382 e. The second-order valence-corrected chi connectivity index (χ2v) is 5.03. The fraction of sp³-hybridized carbons (Fsp3) is 1.00. The van der Waals surface area contributed by atoms with Gasteiger partial charge in [-0.25, -0.2) is 0 Å². The molecule has 0 radical (unpaired) electrons. The van der Waals surface area contributed by atoms with Crippen molar-refractivity contribution in [2.45, 2.75) is 51.6 Å². The number of hydrogen-bond acceptors (Lipinski definition) is 3. The predicted molar refractivity (Wildman–Crippen MR) is 60.0 cm³/mol. The van der Waals surface area contributed by atoms with Crippen LogP contribution in [0.5, 0.6) is 0 Å². The molecule has 0 rings (SSSR count). The first-order valence-electron chi connectivity index (χ1n) is 5.52. The van der Waals surface area contributed by atoms with Gasteiger partial charge in [0.25, 0.3) is 0 Å². The molecule has 17 heavy (non-hydrogen) atoms. The average molecular weight is 257 g/mol. The quantitative estimate of drug-likeness (QED) is 0.792. The topological polar surface area (TPSA) is 30.5 Å². The Labute approximate surface area is 101 Å². The van der Waals surface area contributed by atoms with Crippen LogP contribution in [0, 0.1) is 0 Å². The molecule has 0 saturated heterocycles. The monoisotopic (exact) mass is 257 g/mol. The zero-order chi connectivity index (χ0) is 13.7. The summed E-state index contributed by atoms with van der Waals surface area (Å²) in [4.78, 5) is 0. The number of nitrogens with one attached hydrogen (secondary N) is 1. The van der Waals surface area contributed by atoms with E-state index in [1.807, 2.05) is 20.8 Å². The summed E-state index contributed by atoms with van der Waals surface area (Å²) >= 11 is 0. The summed E-state index contributed by atoms with van der Waals surface area (Å²) in [5.74, 6) is 0. The molecule has 0 amide bonds. The van der Waals surface area contributed by atoms with Gasteiger partial charge < -0.3 is 14.8 Å².